The molecule has 0 N–H and O–H groups in total. The van der Waals surface area contributed by atoms with Crippen LogP contribution in [-0.2, 0) is 6.42 Å². The molecule has 19 heavy (non-hydrogen) atoms. The number of aryl methyl sites for hydroxylation is 1. The summed E-state index contributed by atoms with van der Waals surface area (Å²) in [6.07, 6.45) is 7.12. The smallest absolute Gasteiger partial charge is 0.00157 e. The van der Waals surface area contributed by atoms with E-state index in [4.69, 9.17) is 0 Å². The van der Waals surface area contributed by atoms with Gasteiger partial charge < -0.3 is 4.90 Å². The fraction of sp³-hybridized carbons (Fsp3) is 0.647. The molecule has 2 aliphatic carbocycles. The van der Waals surface area contributed by atoms with Gasteiger partial charge in [0, 0.05) is 13.1 Å². The zero-order valence-corrected chi connectivity index (χ0v) is 12.4. The summed E-state index contributed by atoms with van der Waals surface area (Å²) in [5.74, 6) is 2.86. The fourth-order valence-corrected chi connectivity index (χ4v) is 4.11. The Morgan fingerprint density at radius 1 is 1.05 bits per heavy atom. The van der Waals surface area contributed by atoms with Crippen LogP contribution in [0.1, 0.15) is 42.7 Å². The van der Waals surface area contributed by atoms with Crippen LogP contribution >= 0.6 is 12.4 Å². The van der Waals surface area contributed by atoms with E-state index < -0.39 is 0 Å². The molecule has 3 aliphatic rings. The molecular weight excluding hydrogens is 254 g/mol. The Kier molecular flexibility index (Phi) is 3.86. The van der Waals surface area contributed by atoms with Gasteiger partial charge in [-0.2, -0.15) is 0 Å². The molecule has 2 fully saturated rings. The van der Waals surface area contributed by atoms with Gasteiger partial charge in [0.1, 0.15) is 0 Å². The molecule has 0 spiro atoms. The molecule has 1 aromatic rings. The first-order valence-corrected chi connectivity index (χ1v) is 7.70. The molecule has 1 nitrogen and oxygen atoms in total. The maximum atomic E-state index is 2.76. The van der Waals surface area contributed by atoms with E-state index in [1.807, 2.05) is 0 Å². The van der Waals surface area contributed by atoms with Gasteiger partial charge in [-0.25, -0.2) is 0 Å². The van der Waals surface area contributed by atoms with Gasteiger partial charge in [0.15, 0.2) is 0 Å². The van der Waals surface area contributed by atoms with Gasteiger partial charge >= 0.3 is 0 Å². The number of benzene rings is 1. The van der Waals surface area contributed by atoms with Gasteiger partial charge in [-0.15, -0.1) is 12.4 Å². The van der Waals surface area contributed by atoms with E-state index in [1.165, 1.54) is 51.7 Å². The summed E-state index contributed by atoms with van der Waals surface area (Å²) in [6, 6.07) is 9.18. The minimum absolute atomic E-state index is 0. The van der Waals surface area contributed by atoms with Gasteiger partial charge in [0.05, 0.1) is 0 Å². The van der Waals surface area contributed by atoms with Gasteiger partial charge in [-0.3, -0.25) is 0 Å². The molecule has 0 amide bonds. The van der Waals surface area contributed by atoms with Crippen molar-refractivity contribution in [3.8, 4) is 0 Å². The van der Waals surface area contributed by atoms with Gasteiger partial charge in [0.2, 0.25) is 0 Å². The summed E-state index contributed by atoms with van der Waals surface area (Å²) in [4.78, 5) is 2.76. The number of nitrogens with zero attached hydrogens (tertiary/aromatic N) is 1. The molecule has 0 radical (unpaired) electrons. The Bertz CT molecular complexity index is 441. The van der Waals surface area contributed by atoms with E-state index in [1.54, 1.807) is 11.1 Å². The summed E-state index contributed by atoms with van der Waals surface area (Å²) in [6.45, 7) is 4.10. The molecule has 1 saturated heterocycles. The van der Waals surface area contributed by atoms with Crippen molar-refractivity contribution in [1.29, 1.82) is 0 Å². The van der Waals surface area contributed by atoms with E-state index in [9.17, 15) is 0 Å². The first-order valence-electron chi connectivity index (χ1n) is 7.70. The van der Waals surface area contributed by atoms with Crippen LogP contribution in [0.5, 0.6) is 0 Å². The van der Waals surface area contributed by atoms with Crippen molar-refractivity contribution in [2.75, 3.05) is 19.6 Å². The molecule has 4 rings (SSSR count). The van der Waals surface area contributed by atoms with Crippen LogP contribution in [0.2, 0.25) is 0 Å². The highest BCUT2D eigenvalue weighted by molar-refractivity contribution is 5.85. The predicted molar refractivity (Wildman–Crippen MR) is 82.0 cm³/mol. The summed E-state index contributed by atoms with van der Waals surface area (Å²) in [5.41, 5.74) is 3.31. The zero-order valence-electron chi connectivity index (χ0n) is 11.6. The fourth-order valence-electron chi connectivity index (χ4n) is 4.11. The maximum absolute atomic E-state index is 2.76. The highest BCUT2D eigenvalue weighted by Crippen LogP contribution is 2.42. The SMILES string of the molecule is Cl.c1ccc2c(c1)CC[C@H]1CN(CC3CC3)CC[C@@H]21. The summed E-state index contributed by atoms with van der Waals surface area (Å²) in [5, 5.41) is 0. The molecule has 2 atom stereocenters. The van der Waals surface area contributed by atoms with Gasteiger partial charge in [0.25, 0.3) is 0 Å². The minimum Gasteiger partial charge on any atom is -0.303 e. The number of likely N-dealkylation sites (tertiary alicyclic amines) is 1. The van der Waals surface area contributed by atoms with Crippen molar-refractivity contribution in [3.05, 3.63) is 35.4 Å². The second-order valence-corrected chi connectivity index (χ2v) is 6.60. The molecule has 0 aromatic heterocycles. The second-order valence-electron chi connectivity index (χ2n) is 6.60. The summed E-state index contributed by atoms with van der Waals surface area (Å²) >= 11 is 0. The summed E-state index contributed by atoms with van der Waals surface area (Å²) < 4.78 is 0. The van der Waals surface area contributed by atoms with Crippen LogP contribution in [0, 0.1) is 11.8 Å². The Hall–Kier alpha value is -0.530. The van der Waals surface area contributed by atoms with E-state index in [0.717, 1.165) is 17.8 Å². The lowest BCUT2D eigenvalue weighted by Gasteiger charge is -2.42. The van der Waals surface area contributed by atoms with Crippen LogP contribution in [0.25, 0.3) is 0 Å². The number of fused-ring (bicyclic) bond motifs is 3. The van der Waals surface area contributed by atoms with Crippen LogP contribution in [0.3, 0.4) is 0 Å². The Morgan fingerprint density at radius 3 is 2.74 bits per heavy atom. The zero-order chi connectivity index (χ0) is 11.9. The first-order chi connectivity index (χ1) is 8.90. The van der Waals surface area contributed by atoms with Crippen molar-refractivity contribution >= 4 is 12.4 Å². The predicted octanol–water partition coefficient (Wildman–Crippen LogP) is 3.87. The van der Waals surface area contributed by atoms with E-state index in [0.29, 0.717) is 0 Å². The Labute approximate surface area is 122 Å². The van der Waals surface area contributed by atoms with Crippen molar-refractivity contribution < 1.29 is 0 Å². The highest BCUT2D eigenvalue weighted by Gasteiger charge is 2.35. The van der Waals surface area contributed by atoms with E-state index in [2.05, 4.69) is 29.2 Å². The molecule has 1 aliphatic heterocycles. The second kappa shape index (κ2) is 5.46. The topological polar surface area (TPSA) is 3.24 Å². The molecule has 1 saturated carbocycles. The van der Waals surface area contributed by atoms with Gasteiger partial charge in [-0.05, 0) is 67.5 Å². The molecule has 1 heterocycles. The van der Waals surface area contributed by atoms with E-state index in [-0.39, 0.29) is 12.4 Å². The number of piperidine rings is 1. The largest absolute Gasteiger partial charge is 0.303 e. The average molecular weight is 278 g/mol. The summed E-state index contributed by atoms with van der Waals surface area (Å²) in [7, 11) is 0. The van der Waals surface area contributed by atoms with Crippen molar-refractivity contribution in [3.63, 3.8) is 0 Å². The molecule has 0 bridgehead atoms. The maximum Gasteiger partial charge on any atom is 0.00157 e. The molecule has 1 aromatic carbocycles. The average Bonchev–Trinajstić information content (AvgIpc) is 3.22. The quantitative estimate of drug-likeness (QED) is 0.793. The highest BCUT2D eigenvalue weighted by atomic mass is 35.5. The lowest BCUT2D eigenvalue weighted by molar-refractivity contribution is 0.136. The monoisotopic (exact) mass is 277 g/mol. The van der Waals surface area contributed by atoms with Crippen molar-refractivity contribution in [1.82, 2.24) is 4.90 Å². The first kappa shape index (κ1) is 13.5. The van der Waals surface area contributed by atoms with Crippen molar-refractivity contribution in [2.45, 2.75) is 38.0 Å². The number of hydrogen-bond donors (Lipinski definition) is 0. The van der Waals surface area contributed by atoms with Crippen LogP contribution in [0.15, 0.2) is 24.3 Å². The number of rotatable bonds is 2. The Morgan fingerprint density at radius 2 is 1.89 bits per heavy atom. The van der Waals surface area contributed by atoms with Crippen LogP contribution < -0.4 is 0 Å². The third kappa shape index (κ3) is 2.68. The third-order valence-corrected chi connectivity index (χ3v) is 5.27. The molecule has 2 heteroatoms. The number of halogens is 1. The van der Waals surface area contributed by atoms with Crippen LogP contribution in [-0.4, -0.2) is 24.5 Å². The Balaban J connectivity index is 0.00000110. The molecule has 104 valence electrons. The lowest BCUT2D eigenvalue weighted by atomic mass is 9.71. The van der Waals surface area contributed by atoms with Crippen LogP contribution in [0.4, 0.5) is 0 Å². The van der Waals surface area contributed by atoms with Gasteiger partial charge in [-0.1, -0.05) is 24.3 Å². The molecular formula is C17H24ClN. The van der Waals surface area contributed by atoms with E-state index >= 15 is 0 Å². The lowest BCUT2D eigenvalue weighted by Crippen LogP contribution is -2.42. The number of hydrogen-bond acceptors (Lipinski definition) is 1. The third-order valence-electron chi connectivity index (χ3n) is 5.27. The standard InChI is InChI=1S/C17H23N.ClH/c1-2-4-16-14(3-1)7-8-15-12-18(10-9-17(15)16)11-13-5-6-13;/h1-4,13,15,17H,5-12H2;1H/t15-,17+;/m0./s1. The normalized spacial score (nSPS) is 30.1. The minimum atomic E-state index is 0. The van der Waals surface area contributed by atoms with Crippen molar-refractivity contribution in [2.24, 2.45) is 11.8 Å². The molecule has 0 unspecified atom stereocenters.